The Morgan fingerprint density at radius 1 is 1.13 bits per heavy atom. The molecule has 7 nitrogen and oxygen atoms in total. The van der Waals surface area contributed by atoms with Crippen LogP contribution in [0.3, 0.4) is 0 Å². The van der Waals surface area contributed by atoms with Crippen LogP contribution in [0.2, 0.25) is 10.0 Å². The van der Waals surface area contributed by atoms with E-state index in [4.69, 9.17) is 27.9 Å². The molecule has 4 rings (SSSR count). The number of nitro groups is 1. The van der Waals surface area contributed by atoms with Crippen LogP contribution in [0.5, 0.6) is 5.88 Å². The summed E-state index contributed by atoms with van der Waals surface area (Å²) in [6.45, 7) is 0.614. The fourth-order valence-electron chi connectivity index (χ4n) is 3.52. The number of nitrogens with zero attached hydrogens (tertiary/aromatic N) is 3. The Kier molecular flexibility index (Phi) is 6.06. The number of pyridine rings is 1. The Bertz CT molecular complexity index is 1140. The van der Waals surface area contributed by atoms with Gasteiger partial charge in [0.05, 0.1) is 21.0 Å². The smallest absolute Gasteiger partial charge is 0.287 e. The van der Waals surface area contributed by atoms with Crippen molar-refractivity contribution in [3.8, 4) is 5.88 Å². The van der Waals surface area contributed by atoms with Gasteiger partial charge in [0, 0.05) is 24.2 Å². The van der Waals surface area contributed by atoms with Crippen LogP contribution in [0.25, 0.3) is 0 Å². The lowest BCUT2D eigenvalue weighted by molar-refractivity contribution is -0.385. The van der Waals surface area contributed by atoms with Gasteiger partial charge in [0.1, 0.15) is 12.8 Å². The summed E-state index contributed by atoms with van der Waals surface area (Å²) in [5.74, 6) is 0.0738. The molecule has 0 saturated heterocycles. The second kappa shape index (κ2) is 8.91. The zero-order valence-electron chi connectivity index (χ0n) is 16.2. The average molecular weight is 458 g/mol. The molecule has 0 radical (unpaired) electrons. The molecule has 31 heavy (non-hydrogen) atoms. The van der Waals surface area contributed by atoms with E-state index in [-0.39, 0.29) is 30.1 Å². The van der Waals surface area contributed by atoms with Crippen molar-refractivity contribution < 1.29 is 14.5 Å². The van der Waals surface area contributed by atoms with Crippen molar-refractivity contribution in [3.63, 3.8) is 0 Å². The minimum Gasteiger partial charge on any atom is -0.475 e. The SMILES string of the molecule is O=C(c1ccc(Cl)c(Cl)c1)N1Cc2ccccc2CC1COc1ccc([N+](=O)[O-])cn1. The number of carbonyl (C=O) groups excluding carboxylic acids is 1. The van der Waals surface area contributed by atoms with Crippen LogP contribution in [0.1, 0.15) is 21.5 Å². The second-order valence-corrected chi connectivity index (χ2v) is 7.93. The predicted molar refractivity (Wildman–Crippen MR) is 117 cm³/mol. The first-order chi connectivity index (χ1) is 14.9. The number of hydrogen-bond donors (Lipinski definition) is 0. The maximum Gasteiger partial charge on any atom is 0.287 e. The molecule has 0 spiro atoms. The van der Waals surface area contributed by atoms with E-state index >= 15 is 0 Å². The number of amides is 1. The largest absolute Gasteiger partial charge is 0.475 e. The molecule has 1 amide bonds. The summed E-state index contributed by atoms with van der Waals surface area (Å²) in [4.78, 5) is 29.3. The van der Waals surface area contributed by atoms with E-state index in [0.717, 1.165) is 17.3 Å². The molecule has 0 bridgehead atoms. The summed E-state index contributed by atoms with van der Waals surface area (Å²) < 4.78 is 5.78. The van der Waals surface area contributed by atoms with Crippen LogP contribution in [0.4, 0.5) is 5.69 Å². The number of ether oxygens (including phenoxy) is 1. The molecule has 0 N–H and O–H groups in total. The van der Waals surface area contributed by atoms with Crippen LogP contribution in [0, 0.1) is 10.1 Å². The van der Waals surface area contributed by atoms with Gasteiger partial charge in [-0.25, -0.2) is 4.98 Å². The van der Waals surface area contributed by atoms with E-state index in [0.29, 0.717) is 28.6 Å². The van der Waals surface area contributed by atoms with Crippen LogP contribution in [-0.4, -0.2) is 33.4 Å². The third kappa shape index (κ3) is 4.62. The fraction of sp³-hybridized carbons (Fsp3) is 0.182. The van der Waals surface area contributed by atoms with Crippen molar-refractivity contribution in [2.75, 3.05) is 6.61 Å². The molecule has 2 heterocycles. The van der Waals surface area contributed by atoms with Crippen LogP contribution < -0.4 is 4.74 Å². The number of fused-ring (bicyclic) bond motifs is 1. The molecule has 158 valence electrons. The molecule has 1 aliphatic heterocycles. The number of carbonyl (C=O) groups is 1. The molecule has 0 fully saturated rings. The normalized spacial score (nSPS) is 15.3. The highest BCUT2D eigenvalue weighted by atomic mass is 35.5. The quantitative estimate of drug-likeness (QED) is 0.399. The molecule has 1 aliphatic rings. The molecule has 2 aromatic carbocycles. The number of hydrogen-bond acceptors (Lipinski definition) is 5. The summed E-state index contributed by atoms with van der Waals surface area (Å²) in [5, 5.41) is 11.5. The Balaban J connectivity index is 1.57. The third-order valence-corrected chi connectivity index (χ3v) is 5.88. The van der Waals surface area contributed by atoms with Crippen molar-refractivity contribution in [1.82, 2.24) is 9.88 Å². The van der Waals surface area contributed by atoms with Gasteiger partial charge in [0.2, 0.25) is 5.88 Å². The van der Waals surface area contributed by atoms with Crippen molar-refractivity contribution in [2.45, 2.75) is 19.0 Å². The first-order valence-corrected chi connectivity index (χ1v) is 10.2. The third-order valence-electron chi connectivity index (χ3n) is 5.14. The summed E-state index contributed by atoms with van der Waals surface area (Å²) >= 11 is 12.1. The molecule has 0 saturated carbocycles. The maximum atomic E-state index is 13.3. The Morgan fingerprint density at radius 2 is 1.90 bits per heavy atom. The summed E-state index contributed by atoms with van der Waals surface area (Å²) in [6.07, 6.45) is 1.75. The van der Waals surface area contributed by atoms with Gasteiger partial charge in [-0.3, -0.25) is 14.9 Å². The Hall–Kier alpha value is -3.16. The molecular formula is C22H17Cl2N3O4. The van der Waals surface area contributed by atoms with Gasteiger partial charge in [0.25, 0.3) is 11.6 Å². The second-order valence-electron chi connectivity index (χ2n) is 7.11. The minimum absolute atomic E-state index is 0.115. The Morgan fingerprint density at radius 3 is 2.58 bits per heavy atom. The van der Waals surface area contributed by atoms with E-state index in [1.54, 1.807) is 23.1 Å². The standard InChI is InChI=1S/C22H17Cl2N3O4/c23-19-7-5-15(10-20(19)24)22(28)26-12-16-4-2-1-3-14(16)9-18(26)13-31-21-8-6-17(11-25-21)27(29)30/h1-8,10-11,18H,9,12-13H2. The van der Waals surface area contributed by atoms with Gasteiger partial charge < -0.3 is 9.64 Å². The molecule has 3 aromatic rings. The van der Waals surface area contributed by atoms with E-state index in [1.807, 2.05) is 24.3 Å². The summed E-state index contributed by atoms with van der Waals surface area (Å²) in [5.41, 5.74) is 2.54. The zero-order chi connectivity index (χ0) is 22.0. The highest BCUT2D eigenvalue weighted by molar-refractivity contribution is 6.42. The molecule has 9 heteroatoms. The van der Waals surface area contributed by atoms with Crippen molar-refractivity contribution in [2.24, 2.45) is 0 Å². The van der Waals surface area contributed by atoms with Gasteiger partial charge in [-0.1, -0.05) is 47.5 Å². The predicted octanol–water partition coefficient (Wildman–Crippen LogP) is 4.94. The van der Waals surface area contributed by atoms with E-state index in [9.17, 15) is 14.9 Å². The van der Waals surface area contributed by atoms with Gasteiger partial charge in [-0.15, -0.1) is 0 Å². The first-order valence-electron chi connectivity index (χ1n) is 9.48. The van der Waals surface area contributed by atoms with Gasteiger partial charge >= 0.3 is 0 Å². The molecular weight excluding hydrogens is 441 g/mol. The highest BCUT2D eigenvalue weighted by Gasteiger charge is 2.31. The average Bonchev–Trinajstić information content (AvgIpc) is 2.78. The Labute approximate surface area is 188 Å². The fourth-order valence-corrected chi connectivity index (χ4v) is 3.81. The zero-order valence-corrected chi connectivity index (χ0v) is 17.7. The van der Waals surface area contributed by atoms with Crippen molar-refractivity contribution in [3.05, 3.63) is 97.6 Å². The van der Waals surface area contributed by atoms with Gasteiger partial charge in [0.15, 0.2) is 0 Å². The molecule has 0 aliphatic carbocycles. The van der Waals surface area contributed by atoms with Crippen LogP contribution in [-0.2, 0) is 13.0 Å². The highest BCUT2D eigenvalue weighted by Crippen LogP contribution is 2.28. The molecule has 1 aromatic heterocycles. The lowest BCUT2D eigenvalue weighted by Gasteiger charge is -2.36. The first kappa shape index (κ1) is 21.1. The van der Waals surface area contributed by atoms with E-state index < -0.39 is 4.92 Å². The van der Waals surface area contributed by atoms with Crippen LogP contribution >= 0.6 is 23.2 Å². The van der Waals surface area contributed by atoms with Crippen LogP contribution in [0.15, 0.2) is 60.8 Å². The number of benzene rings is 2. The van der Waals surface area contributed by atoms with E-state index in [1.165, 1.54) is 12.1 Å². The number of aromatic nitrogens is 1. The van der Waals surface area contributed by atoms with Crippen molar-refractivity contribution in [1.29, 1.82) is 0 Å². The van der Waals surface area contributed by atoms with E-state index in [2.05, 4.69) is 4.98 Å². The number of rotatable bonds is 5. The summed E-state index contributed by atoms with van der Waals surface area (Å²) in [7, 11) is 0. The van der Waals surface area contributed by atoms with Crippen molar-refractivity contribution >= 4 is 34.8 Å². The van der Waals surface area contributed by atoms with Gasteiger partial charge in [-0.05, 0) is 35.7 Å². The monoisotopic (exact) mass is 457 g/mol. The number of halogens is 2. The molecule has 1 atom stereocenters. The lowest BCUT2D eigenvalue weighted by Crippen LogP contribution is -2.47. The van der Waals surface area contributed by atoms with Gasteiger partial charge in [-0.2, -0.15) is 0 Å². The maximum absolute atomic E-state index is 13.3. The summed E-state index contributed by atoms with van der Waals surface area (Å²) in [6, 6.07) is 15.3. The lowest BCUT2D eigenvalue weighted by atomic mass is 9.93. The topological polar surface area (TPSA) is 85.6 Å². The minimum atomic E-state index is -0.521. The molecule has 1 unspecified atom stereocenters.